The summed E-state index contributed by atoms with van der Waals surface area (Å²) in [6, 6.07) is 1.43. The zero-order chi connectivity index (χ0) is 12.1. The Balaban J connectivity index is 2.00. The molecule has 1 saturated heterocycles. The second kappa shape index (κ2) is 5.79. The van der Waals surface area contributed by atoms with Gasteiger partial charge in [-0.2, -0.15) is 5.10 Å². The molecule has 1 atom stereocenters. The van der Waals surface area contributed by atoms with E-state index < -0.39 is 0 Å². The maximum absolute atomic E-state index is 11.7. The van der Waals surface area contributed by atoms with Gasteiger partial charge < -0.3 is 15.2 Å². The third-order valence-electron chi connectivity index (χ3n) is 2.63. The molecule has 0 aliphatic carbocycles. The number of hydrogen-bond acceptors (Lipinski definition) is 5. The highest BCUT2D eigenvalue weighted by molar-refractivity contribution is 5.13. The van der Waals surface area contributed by atoms with Crippen LogP contribution in [0.3, 0.4) is 0 Å². The second-order valence-corrected chi connectivity index (χ2v) is 3.98. The summed E-state index contributed by atoms with van der Waals surface area (Å²) in [5.74, 6) is 0.462. The molecule has 1 aliphatic heterocycles. The van der Waals surface area contributed by atoms with Crippen LogP contribution < -0.4 is 16.0 Å². The Labute approximate surface area is 99.3 Å². The Morgan fingerprint density at radius 3 is 3.18 bits per heavy atom. The molecule has 2 N–H and O–H groups in total. The third-order valence-corrected chi connectivity index (χ3v) is 2.63. The fourth-order valence-corrected chi connectivity index (χ4v) is 1.79. The molecular formula is C11H17N3O3. The van der Waals surface area contributed by atoms with E-state index in [0.29, 0.717) is 25.4 Å². The van der Waals surface area contributed by atoms with Gasteiger partial charge in [-0.1, -0.05) is 0 Å². The van der Waals surface area contributed by atoms with Crippen LogP contribution in [0.15, 0.2) is 17.1 Å². The van der Waals surface area contributed by atoms with Gasteiger partial charge in [0.1, 0.15) is 12.4 Å². The monoisotopic (exact) mass is 239 g/mol. The fraction of sp³-hybridized carbons (Fsp3) is 0.636. The van der Waals surface area contributed by atoms with E-state index in [4.69, 9.17) is 15.2 Å². The van der Waals surface area contributed by atoms with E-state index in [9.17, 15) is 4.79 Å². The second-order valence-electron chi connectivity index (χ2n) is 3.98. The van der Waals surface area contributed by atoms with Crippen molar-refractivity contribution in [2.45, 2.75) is 25.5 Å². The summed E-state index contributed by atoms with van der Waals surface area (Å²) in [5, 5.41) is 4.05. The van der Waals surface area contributed by atoms with E-state index in [-0.39, 0.29) is 11.7 Å². The van der Waals surface area contributed by atoms with Crippen LogP contribution in [0.1, 0.15) is 12.8 Å². The molecule has 1 unspecified atom stereocenters. The molecule has 0 radical (unpaired) electrons. The van der Waals surface area contributed by atoms with Gasteiger partial charge in [-0.15, -0.1) is 0 Å². The Bertz CT molecular complexity index is 413. The van der Waals surface area contributed by atoms with Crippen LogP contribution in [-0.4, -0.2) is 35.6 Å². The van der Waals surface area contributed by atoms with Crippen LogP contribution in [0.25, 0.3) is 0 Å². The topological polar surface area (TPSA) is 79.4 Å². The van der Waals surface area contributed by atoms with Crippen molar-refractivity contribution in [3.8, 4) is 5.75 Å². The van der Waals surface area contributed by atoms with E-state index in [1.165, 1.54) is 16.9 Å². The van der Waals surface area contributed by atoms with E-state index in [2.05, 4.69) is 5.10 Å². The van der Waals surface area contributed by atoms with Gasteiger partial charge in [-0.25, -0.2) is 4.68 Å². The van der Waals surface area contributed by atoms with Gasteiger partial charge in [-0.3, -0.25) is 4.79 Å². The minimum atomic E-state index is -0.171. The lowest BCUT2D eigenvalue weighted by molar-refractivity contribution is 0.0925. The van der Waals surface area contributed by atoms with Crippen molar-refractivity contribution in [2.24, 2.45) is 5.73 Å². The molecule has 2 rings (SSSR count). The molecule has 1 aromatic rings. The molecular weight excluding hydrogens is 222 g/mol. The zero-order valence-electron chi connectivity index (χ0n) is 9.67. The lowest BCUT2D eigenvalue weighted by Gasteiger charge is -2.11. The first-order valence-electron chi connectivity index (χ1n) is 5.81. The molecule has 6 nitrogen and oxygen atoms in total. The standard InChI is InChI=1S/C11H17N3O3/c12-3-5-17-10-6-11(15)14(13-7-10)8-9-2-1-4-16-9/h6-7,9H,1-5,8,12H2. The SMILES string of the molecule is NCCOc1cnn(CC2CCCO2)c(=O)c1. The van der Waals surface area contributed by atoms with E-state index in [0.717, 1.165) is 19.4 Å². The number of ether oxygens (including phenoxy) is 2. The van der Waals surface area contributed by atoms with E-state index in [1.807, 2.05) is 0 Å². The number of hydrogen-bond donors (Lipinski definition) is 1. The molecule has 6 heteroatoms. The molecule has 1 aliphatic rings. The largest absolute Gasteiger partial charge is 0.490 e. The van der Waals surface area contributed by atoms with Gasteiger partial charge in [0.05, 0.1) is 18.8 Å². The van der Waals surface area contributed by atoms with Crippen LogP contribution in [0.4, 0.5) is 0 Å². The van der Waals surface area contributed by atoms with Crippen molar-refractivity contribution in [1.29, 1.82) is 0 Å². The van der Waals surface area contributed by atoms with Crippen LogP contribution in [0.2, 0.25) is 0 Å². The highest BCUT2D eigenvalue weighted by Crippen LogP contribution is 2.13. The fourth-order valence-electron chi connectivity index (χ4n) is 1.79. The van der Waals surface area contributed by atoms with Gasteiger partial charge in [0.25, 0.3) is 5.56 Å². The first-order chi connectivity index (χ1) is 8.29. The quantitative estimate of drug-likeness (QED) is 0.767. The molecule has 0 spiro atoms. The van der Waals surface area contributed by atoms with Crippen molar-refractivity contribution in [3.63, 3.8) is 0 Å². The van der Waals surface area contributed by atoms with Crippen molar-refractivity contribution in [3.05, 3.63) is 22.6 Å². The highest BCUT2D eigenvalue weighted by atomic mass is 16.5. The summed E-state index contributed by atoms with van der Waals surface area (Å²) in [7, 11) is 0. The van der Waals surface area contributed by atoms with Crippen molar-refractivity contribution < 1.29 is 9.47 Å². The molecule has 0 saturated carbocycles. The summed E-state index contributed by atoms with van der Waals surface area (Å²) in [4.78, 5) is 11.7. The molecule has 0 amide bonds. The Morgan fingerprint density at radius 1 is 1.65 bits per heavy atom. The molecule has 1 fully saturated rings. The maximum Gasteiger partial charge on any atom is 0.270 e. The minimum absolute atomic E-state index is 0.107. The summed E-state index contributed by atoms with van der Waals surface area (Å²) >= 11 is 0. The average molecular weight is 239 g/mol. The van der Waals surface area contributed by atoms with Crippen LogP contribution >= 0.6 is 0 Å². The summed E-state index contributed by atoms with van der Waals surface area (Å²) in [6.07, 6.45) is 3.68. The van der Waals surface area contributed by atoms with Gasteiger partial charge in [-0.05, 0) is 12.8 Å². The predicted molar refractivity (Wildman–Crippen MR) is 62.0 cm³/mol. The minimum Gasteiger partial charge on any atom is -0.490 e. The molecule has 17 heavy (non-hydrogen) atoms. The number of nitrogens with zero attached hydrogens (tertiary/aromatic N) is 2. The Kier molecular flexibility index (Phi) is 4.11. The predicted octanol–water partition coefficient (Wildman–Crippen LogP) is -0.240. The molecule has 1 aromatic heterocycles. The first-order valence-corrected chi connectivity index (χ1v) is 5.81. The highest BCUT2D eigenvalue weighted by Gasteiger charge is 2.17. The smallest absolute Gasteiger partial charge is 0.270 e. The summed E-state index contributed by atoms with van der Waals surface area (Å²) < 4.78 is 12.1. The third kappa shape index (κ3) is 3.28. The van der Waals surface area contributed by atoms with Gasteiger partial charge in [0.15, 0.2) is 0 Å². The first kappa shape index (κ1) is 12.1. The Morgan fingerprint density at radius 2 is 2.53 bits per heavy atom. The van der Waals surface area contributed by atoms with Crippen molar-refractivity contribution in [2.75, 3.05) is 19.8 Å². The van der Waals surface area contributed by atoms with E-state index in [1.54, 1.807) is 0 Å². The molecule has 2 heterocycles. The number of nitrogens with two attached hydrogens (primary N) is 1. The van der Waals surface area contributed by atoms with Crippen LogP contribution in [-0.2, 0) is 11.3 Å². The lowest BCUT2D eigenvalue weighted by atomic mass is 10.2. The van der Waals surface area contributed by atoms with Gasteiger partial charge >= 0.3 is 0 Å². The lowest BCUT2D eigenvalue weighted by Crippen LogP contribution is -2.28. The molecule has 0 bridgehead atoms. The zero-order valence-corrected chi connectivity index (χ0v) is 9.67. The van der Waals surface area contributed by atoms with Crippen molar-refractivity contribution >= 4 is 0 Å². The summed E-state index contributed by atoms with van der Waals surface area (Å²) in [6.45, 7) is 2.09. The molecule has 0 aromatic carbocycles. The van der Waals surface area contributed by atoms with Crippen LogP contribution in [0.5, 0.6) is 5.75 Å². The summed E-state index contributed by atoms with van der Waals surface area (Å²) in [5.41, 5.74) is 5.14. The van der Waals surface area contributed by atoms with Gasteiger partial charge in [0, 0.05) is 19.2 Å². The number of aromatic nitrogens is 2. The van der Waals surface area contributed by atoms with Crippen LogP contribution in [0, 0.1) is 0 Å². The van der Waals surface area contributed by atoms with Gasteiger partial charge in [0.2, 0.25) is 0 Å². The van der Waals surface area contributed by atoms with Crippen molar-refractivity contribution in [1.82, 2.24) is 9.78 Å². The number of rotatable bonds is 5. The van der Waals surface area contributed by atoms with E-state index >= 15 is 0 Å². The normalized spacial score (nSPS) is 19.5. The Hall–Kier alpha value is -1.40. The average Bonchev–Trinajstić information content (AvgIpc) is 2.82. The molecule has 94 valence electrons. The maximum atomic E-state index is 11.7.